The number of nitriles is 1. The van der Waals surface area contributed by atoms with Gasteiger partial charge in [0.25, 0.3) is 0 Å². The van der Waals surface area contributed by atoms with E-state index in [2.05, 4.69) is 25.4 Å². The Morgan fingerprint density at radius 2 is 2.12 bits per heavy atom. The lowest BCUT2D eigenvalue weighted by atomic mass is 10.2. The van der Waals surface area contributed by atoms with Crippen molar-refractivity contribution in [2.45, 2.75) is 6.61 Å². The molecule has 0 saturated carbocycles. The summed E-state index contributed by atoms with van der Waals surface area (Å²) in [5, 5.41) is 9.02. The first-order chi connectivity index (χ1) is 11.3. The number of ether oxygens (including phenoxy) is 2. The molecule has 0 saturated heterocycles. The molecule has 0 unspecified atom stereocenters. The minimum Gasteiger partial charge on any atom is -0.464 e. The average molecular weight is 404 g/mol. The van der Waals surface area contributed by atoms with Gasteiger partial charge >= 0.3 is 12.6 Å². The molecule has 24 heavy (non-hydrogen) atoms. The average Bonchev–Trinajstić information content (AvgIpc) is 2.85. The molecule has 0 radical (unpaired) electrons. The summed E-state index contributed by atoms with van der Waals surface area (Å²) in [4.78, 5) is 11.9. The molecule has 1 aromatic heterocycles. The summed E-state index contributed by atoms with van der Waals surface area (Å²) in [7, 11) is 1.09. The molecule has 0 atom stereocenters. The summed E-state index contributed by atoms with van der Waals surface area (Å²) in [6, 6.07) is 3.59. The maximum Gasteiger partial charge on any atom is 0.387 e. The highest BCUT2D eigenvalue weighted by Crippen LogP contribution is 2.33. The number of alkyl halides is 2. The Labute approximate surface area is 142 Å². The number of esters is 1. The second-order valence-electron chi connectivity index (χ2n) is 4.39. The normalized spacial score (nSPS) is 10.5. The Balaban J connectivity index is 2.67. The molecule has 0 amide bonds. The highest BCUT2D eigenvalue weighted by Gasteiger charge is 2.24. The number of aromatic nitrogens is 1. The number of methoxy groups -OCH3 is 1. The van der Waals surface area contributed by atoms with Crippen molar-refractivity contribution in [2.24, 2.45) is 0 Å². The van der Waals surface area contributed by atoms with Crippen LogP contribution in [-0.4, -0.2) is 24.3 Å². The van der Waals surface area contributed by atoms with Crippen LogP contribution in [0.1, 0.15) is 16.1 Å². The predicted octanol–water partition coefficient (Wildman–Crippen LogP) is 3.22. The summed E-state index contributed by atoms with van der Waals surface area (Å²) >= 11 is 2.98. The Morgan fingerprint density at radius 3 is 2.67 bits per heavy atom. The SMILES string of the molecule is COC(=O)c1c(N)c(C#N)cn1-c1cc(Br)c(OC(F)F)cc1F. The summed E-state index contributed by atoms with van der Waals surface area (Å²) in [5.41, 5.74) is 4.98. The number of benzene rings is 1. The van der Waals surface area contributed by atoms with Crippen LogP contribution in [0.25, 0.3) is 5.69 Å². The molecule has 0 aliphatic rings. The molecular weight excluding hydrogens is 395 g/mol. The number of anilines is 1. The molecule has 126 valence electrons. The van der Waals surface area contributed by atoms with Crippen molar-refractivity contribution in [1.82, 2.24) is 4.57 Å². The van der Waals surface area contributed by atoms with E-state index in [0.29, 0.717) is 0 Å². The van der Waals surface area contributed by atoms with Crippen molar-refractivity contribution in [2.75, 3.05) is 12.8 Å². The van der Waals surface area contributed by atoms with E-state index in [1.54, 1.807) is 6.07 Å². The molecule has 0 bridgehead atoms. The molecule has 1 heterocycles. The smallest absolute Gasteiger partial charge is 0.387 e. The Morgan fingerprint density at radius 1 is 1.46 bits per heavy atom. The molecule has 0 spiro atoms. The Bertz CT molecular complexity index is 846. The van der Waals surface area contributed by atoms with E-state index in [1.807, 2.05) is 0 Å². The third-order valence-electron chi connectivity index (χ3n) is 3.02. The number of nitrogens with zero attached hydrogens (tertiary/aromatic N) is 2. The zero-order valence-corrected chi connectivity index (χ0v) is 13.6. The fraction of sp³-hybridized carbons (Fsp3) is 0.143. The quantitative estimate of drug-likeness (QED) is 0.791. The van der Waals surface area contributed by atoms with Crippen molar-refractivity contribution >= 4 is 27.6 Å². The fourth-order valence-electron chi connectivity index (χ4n) is 1.99. The second-order valence-corrected chi connectivity index (χ2v) is 5.25. The van der Waals surface area contributed by atoms with Crippen LogP contribution in [-0.2, 0) is 4.74 Å². The lowest BCUT2D eigenvalue weighted by Crippen LogP contribution is -2.12. The van der Waals surface area contributed by atoms with Gasteiger partial charge in [-0.15, -0.1) is 0 Å². The van der Waals surface area contributed by atoms with Crippen molar-refractivity contribution in [3.63, 3.8) is 0 Å². The highest BCUT2D eigenvalue weighted by atomic mass is 79.9. The van der Waals surface area contributed by atoms with Gasteiger partial charge in [-0.05, 0) is 22.0 Å². The first kappa shape index (κ1) is 17.7. The predicted molar refractivity (Wildman–Crippen MR) is 80.5 cm³/mol. The second kappa shape index (κ2) is 6.84. The van der Waals surface area contributed by atoms with E-state index in [4.69, 9.17) is 11.0 Å². The Hall–Kier alpha value is -2.67. The zero-order chi connectivity index (χ0) is 18.0. The van der Waals surface area contributed by atoms with Crippen molar-refractivity contribution < 1.29 is 27.4 Å². The van der Waals surface area contributed by atoms with Gasteiger partial charge in [0.05, 0.1) is 28.5 Å². The van der Waals surface area contributed by atoms with Crippen LogP contribution in [0.2, 0.25) is 0 Å². The van der Waals surface area contributed by atoms with E-state index in [-0.39, 0.29) is 27.1 Å². The van der Waals surface area contributed by atoms with Gasteiger partial charge in [0.2, 0.25) is 0 Å². The molecule has 10 heteroatoms. The number of rotatable bonds is 4. The maximum atomic E-state index is 14.3. The first-order valence-corrected chi connectivity index (χ1v) is 7.02. The summed E-state index contributed by atoms with van der Waals surface area (Å²) in [6.07, 6.45) is 1.14. The first-order valence-electron chi connectivity index (χ1n) is 6.23. The molecule has 6 nitrogen and oxygen atoms in total. The number of hydrogen-bond acceptors (Lipinski definition) is 5. The number of carbonyl (C=O) groups excluding carboxylic acids is 1. The van der Waals surface area contributed by atoms with Crippen LogP contribution in [0.15, 0.2) is 22.8 Å². The summed E-state index contributed by atoms with van der Waals surface area (Å²) in [5.74, 6) is -2.29. The topological polar surface area (TPSA) is 90.3 Å². The van der Waals surface area contributed by atoms with E-state index >= 15 is 0 Å². The molecule has 2 aromatic rings. The van der Waals surface area contributed by atoms with Gasteiger partial charge in [-0.2, -0.15) is 14.0 Å². The maximum absolute atomic E-state index is 14.3. The molecule has 2 N–H and O–H groups in total. The third kappa shape index (κ3) is 3.16. The van der Waals surface area contributed by atoms with Crippen LogP contribution < -0.4 is 10.5 Å². The van der Waals surface area contributed by atoms with Gasteiger partial charge in [0, 0.05) is 12.3 Å². The van der Waals surface area contributed by atoms with Gasteiger partial charge in [-0.1, -0.05) is 0 Å². The fourth-order valence-corrected chi connectivity index (χ4v) is 2.42. The third-order valence-corrected chi connectivity index (χ3v) is 3.64. The number of nitrogens with two attached hydrogens (primary N) is 1. The van der Waals surface area contributed by atoms with Crippen molar-refractivity contribution in [3.8, 4) is 17.5 Å². The van der Waals surface area contributed by atoms with Crippen molar-refractivity contribution in [3.05, 3.63) is 39.9 Å². The molecule has 0 fully saturated rings. The lowest BCUT2D eigenvalue weighted by molar-refractivity contribution is -0.0505. The Kier molecular flexibility index (Phi) is 5.04. The number of hydrogen-bond donors (Lipinski definition) is 1. The minimum atomic E-state index is -3.13. The van der Waals surface area contributed by atoms with E-state index in [1.165, 1.54) is 0 Å². The van der Waals surface area contributed by atoms with Gasteiger partial charge in [0.15, 0.2) is 11.5 Å². The summed E-state index contributed by atoms with van der Waals surface area (Å²) < 4.78 is 48.7. The van der Waals surface area contributed by atoms with Gasteiger partial charge in [-0.25, -0.2) is 9.18 Å². The van der Waals surface area contributed by atoms with E-state index in [0.717, 1.165) is 30.0 Å². The molecular formula is C14H9BrF3N3O3. The van der Waals surface area contributed by atoms with Crippen LogP contribution in [0.5, 0.6) is 5.75 Å². The molecule has 0 aliphatic heterocycles. The molecule has 2 rings (SSSR count). The van der Waals surface area contributed by atoms with E-state index in [9.17, 15) is 18.0 Å². The zero-order valence-electron chi connectivity index (χ0n) is 12.0. The summed E-state index contributed by atoms with van der Waals surface area (Å²) in [6.45, 7) is -3.13. The van der Waals surface area contributed by atoms with Crippen LogP contribution in [0.3, 0.4) is 0 Å². The van der Waals surface area contributed by atoms with Gasteiger partial charge in [0.1, 0.15) is 11.8 Å². The van der Waals surface area contributed by atoms with Crippen LogP contribution >= 0.6 is 15.9 Å². The van der Waals surface area contributed by atoms with Crippen LogP contribution in [0, 0.1) is 17.1 Å². The number of halogens is 4. The lowest BCUT2D eigenvalue weighted by Gasteiger charge is -2.13. The molecule has 1 aromatic carbocycles. The standard InChI is InChI=1S/C14H9BrF3N3O3/c1-23-13(22)12-11(20)6(4-19)5-21(12)9-2-7(15)10(3-8(9)16)24-14(17)18/h2-3,5,14H,20H2,1H3. The largest absolute Gasteiger partial charge is 0.464 e. The molecule has 0 aliphatic carbocycles. The number of nitrogen functional groups attached to an aromatic ring is 1. The number of carbonyl (C=O) groups is 1. The van der Waals surface area contributed by atoms with E-state index < -0.39 is 24.1 Å². The highest BCUT2D eigenvalue weighted by molar-refractivity contribution is 9.10. The van der Waals surface area contributed by atoms with Crippen molar-refractivity contribution in [1.29, 1.82) is 5.26 Å². The van der Waals surface area contributed by atoms with Gasteiger partial charge < -0.3 is 19.8 Å². The monoisotopic (exact) mass is 403 g/mol. The van der Waals surface area contributed by atoms with Gasteiger partial charge in [-0.3, -0.25) is 0 Å². The van der Waals surface area contributed by atoms with Crippen LogP contribution in [0.4, 0.5) is 18.9 Å². The minimum absolute atomic E-state index is 0.0146.